The molecule has 0 bridgehead atoms. The Labute approximate surface area is 108 Å². The van der Waals surface area contributed by atoms with Crippen LogP contribution in [0.1, 0.15) is 5.56 Å². The summed E-state index contributed by atoms with van der Waals surface area (Å²) in [5.41, 5.74) is 0.398. The van der Waals surface area contributed by atoms with Crippen molar-refractivity contribution in [1.29, 1.82) is 5.26 Å². The average molecular weight is 295 g/mol. The van der Waals surface area contributed by atoms with E-state index in [1.54, 1.807) is 26.2 Å². The SMILES string of the molecule is CN(C)C(=O)C(C#N)=Cc1cc(Br)ccc1O. The van der Waals surface area contributed by atoms with Crippen LogP contribution >= 0.6 is 15.9 Å². The molecule has 0 fully saturated rings. The van der Waals surface area contributed by atoms with Crippen LogP contribution in [0.5, 0.6) is 5.75 Å². The van der Waals surface area contributed by atoms with Crippen LogP contribution in [0.2, 0.25) is 0 Å². The van der Waals surface area contributed by atoms with Crippen LogP contribution in [-0.4, -0.2) is 30.0 Å². The van der Waals surface area contributed by atoms with E-state index in [4.69, 9.17) is 5.26 Å². The van der Waals surface area contributed by atoms with Crippen molar-refractivity contribution in [2.75, 3.05) is 14.1 Å². The number of phenolic OH excluding ortho intramolecular Hbond substituents is 1. The Hall–Kier alpha value is -1.80. The van der Waals surface area contributed by atoms with E-state index >= 15 is 0 Å². The van der Waals surface area contributed by atoms with Crippen LogP contribution in [0.25, 0.3) is 6.08 Å². The van der Waals surface area contributed by atoms with E-state index in [0.29, 0.717) is 5.56 Å². The smallest absolute Gasteiger partial charge is 0.264 e. The second-order valence-corrected chi connectivity index (χ2v) is 4.49. The lowest BCUT2D eigenvalue weighted by Crippen LogP contribution is -2.22. The Morgan fingerprint density at radius 1 is 1.53 bits per heavy atom. The van der Waals surface area contributed by atoms with Gasteiger partial charge in [-0.1, -0.05) is 15.9 Å². The van der Waals surface area contributed by atoms with Gasteiger partial charge in [-0.2, -0.15) is 5.26 Å². The van der Waals surface area contributed by atoms with Gasteiger partial charge in [0.05, 0.1) is 0 Å². The Morgan fingerprint density at radius 3 is 2.71 bits per heavy atom. The molecular formula is C12H11BrN2O2. The molecule has 1 N–H and O–H groups in total. The third-order valence-corrected chi connectivity index (χ3v) is 2.54. The molecule has 0 aliphatic carbocycles. The van der Waals surface area contributed by atoms with Crippen molar-refractivity contribution < 1.29 is 9.90 Å². The standard InChI is InChI=1S/C12H11BrN2O2/c1-15(2)12(17)9(7-14)5-8-6-10(13)3-4-11(8)16/h3-6,16H,1-2H3. The molecule has 0 unspecified atom stereocenters. The fourth-order valence-corrected chi connectivity index (χ4v) is 1.56. The molecule has 0 heterocycles. The van der Waals surface area contributed by atoms with Gasteiger partial charge in [-0.3, -0.25) is 4.79 Å². The van der Waals surface area contributed by atoms with Crippen molar-refractivity contribution in [3.63, 3.8) is 0 Å². The number of nitriles is 1. The van der Waals surface area contributed by atoms with Crippen molar-refractivity contribution in [2.24, 2.45) is 0 Å². The van der Waals surface area contributed by atoms with Crippen molar-refractivity contribution in [3.8, 4) is 11.8 Å². The largest absolute Gasteiger partial charge is 0.507 e. The minimum atomic E-state index is -0.396. The molecule has 0 aliphatic rings. The molecule has 4 nitrogen and oxygen atoms in total. The van der Waals surface area contributed by atoms with Gasteiger partial charge in [0.15, 0.2) is 0 Å². The number of halogens is 1. The zero-order valence-electron chi connectivity index (χ0n) is 9.44. The quantitative estimate of drug-likeness (QED) is 0.671. The first kappa shape index (κ1) is 13.3. The van der Waals surface area contributed by atoms with Gasteiger partial charge in [0.2, 0.25) is 0 Å². The number of carbonyl (C=O) groups excluding carboxylic acids is 1. The molecule has 88 valence electrons. The van der Waals surface area contributed by atoms with E-state index in [1.807, 2.05) is 6.07 Å². The molecule has 0 spiro atoms. The zero-order valence-corrected chi connectivity index (χ0v) is 11.0. The Balaban J connectivity index is 3.20. The molecule has 1 amide bonds. The zero-order chi connectivity index (χ0) is 13.0. The molecule has 0 radical (unpaired) electrons. The number of aromatic hydroxyl groups is 1. The molecule has 0 aliphatic heterocycles. The molecule has 1 aromatic rings. The Bertz CT molecular complexity index is 516. The Kier molecular flexibility index (Phi) is 4.30. The number of phenols is 1. The first-order valence-electron chi connectivity index (χ1n) is 4.77. The lowest BCUT2D eigenvalue weighted by Gasteiger charge is -2.09. The summed E-state index contributed by atoms with van der Waals surface area (Å²) in [6.07, 6.45) is 1.36. The summed E-state index contributed by atoms with van der Waals surface area (Å²) >= 11 is 3.26. The van der Waals surface area contributed by atoms with Crippen LogP contribution in [0.3, 0.4) is 0 Å². The highest BCUT2D eigenvalue weighted by atomic mass is 79.9. The number of rotatable bonds is 2. The predicted molar refractivity (Wildman–Crippen MR) is 68.1 cm³/mol. The van der Waals surface area contributed by atoms with Crippen LogP contribution in [0.4, 0.5) is 0 Å². The lowest BCUT2D eigenvalue weighted by atomic mass is 10.1. The summed E-state index contributed by atoms with van der Waals surface area (Å²) < 4.78 is 0.760. The summed E-state index contributed by atoms with van der Waals surface area (Å²) in [6, 6.07) is 6.62. The van der Waals surface area contributed by atoms with Crippen molar-refractivity contribution in [3.05, 3.63) is 33.8 Å². The highest BCUT2D eigenvalue weighted by Gasteiger charge is 2.12. The van der Waals surface area contributed by atoms with E-state index in [9.17, 15) is 9.90 Å². The van der Waals surface area contributed by atoms with Gasteiger partial charge in [-0.15, -0.1) is 0 Å². The molecule has 1 rings (SSSR count). The molecule has 5 heteroatoms. The van der Waals surface area contributed by atoms with Gasteiger partial charge in [-0.25, -0.2) is 0 Å². The van der Waals surface area contributed by atoms with Crippen molar-refractivity contribution in [1.82, 2.24) is 4.90 Å². The molecule has 0 saturated carbocycles. The number of amides is 1. The third kappa shape index (κ3) is 3.33. The van der Waals surface area contributed by atoms with E-state index < -0.39 is 5.91 Å². The van der Waals surface area contributed by atoms with Crippen molar-refractivity contribution >= 4 is 27.9 Å². The fraction of sp³-hybridized carbons (Fsp3) is 0.167. The average Bonchev–Trinajstić information content (AvgIpc) is 2.29. The van der Waals surface area contributed by atoms with Crippen LogP contribution in [0, 0.1) is 11.3 Å². The van der Waals surface area contributed by atoms with E-state index in [1.165, 1.54) is 17.0 Å². The second-order valence-electron chi connectivity index (χ2n) is 3.57. The maximum absolute atomic E-state index is 11.6. The number of benzene rings is 1. The van der Waals surface area contributed by atoms with Gasteiger partial charge in [0.25, 0.3) is 5.91 Å². The number of nitrogens with zero attached hydrogens (tertiary/aromatic N) is 2. The highest BCUT2D eigenvalue weighted by molar-refractivity contribution is 9.10. The molecule has 0 atom stereocenters. The summed E-state index contributed by atoms with van der Waals surface area (Å²) in [7, 11) is 3.13. The van der Waals surface area contributed by atoms with E-state index in [2.05, 4.69) is 15.9 Å². The minimum Gasteiger partial charge on any atom is -0.507 e. The lowest BCUT2D eigenvalue weighted by molar-refractivity contribution is -0.124. The van der Waals surface area contributed by atoms with E-state index in [-0.39, 0.29) is 11.3 Å². The highest BCUT2D eigenvalue weighted by Crippen LogP contribution is 2.24. The number of hydrogen-bond acceptors (Lipinski definition) is 3. The van der Waals surface area contributed by atoms with Gasteiger partial charge in [-0.05, 0) is 24.3 Å². The maximum Gasteiger partial charge on any atom is 0.264 e. The topological polar surface area (TPSA) is 64.3 Å². The van der Waals surface area contributed by atoms with Crippen molar-refractivity contribution in [2.45, 2.75) is 0 Å². The summed E-state index contributed by atoms with van der Waals surface area (Å²) in [5.74, 6) is -0.376. The van der Waals surface area contributed by atoms with Crippen LogP contribution in [0.15, 0.2) is 28.2 Å². The van der Waals surface area contributed by atoms with Crippen LogP contribution in [-0.2, 0) is 4.79 Å². The molecular weight excluding hydrogens is 284 g/mol. The van der Waals surface area contributed by atoms with Gasteiger partial charge in [0, 0.05) is 24.1 Å². The monoisotopic (exact) mass is 294 g/mol. The number of carbonyl (C=O) groups is 1. The summed E-state index contributed by atoms with van der Waals surface area (Å²) in [5, 5.41) is 18.5. The predicted octanol–water partition coefficient (Wildman–Crippen LogP) is 2.15. The van der Waals surface area contributed by atoms with Gasteiger partial charge >= 0.3 is 0 Å². The third-order valence-electron chi connectivity index (χ3n) is 2.05. The first-order chi connectivity index (χ1) is 7.95. The first-order valence-corrected chi connectivity index (χ1v) is 5.57. The summed E-state index contributed by atoms with van der Waals surface area (Å²) in [4.78, 5) is 12.9. The van der Waals surface area contributed by atoms with Gasteiger partial charge in [0.1, 0.15) is 17.4 Å². The number of hydrogen-bond donors (Lipinski definition) is 1. The Morgan fingerprint density at radius 2 is 2.18 bits per heavy atom. The van der Waals surface area contributed by atoms with Gasteiger partial charge < -0.3 is 10.0 Å². The molecule has 1 aromatic carbocycles. The number of likely N-dealkylation sites (N-methyl/N-ethyl adjacent to an activating group) is 1. The van der Waals surface area contributed by atoms with Crippen LogP contribution < -0.4 is 0 Å². The molecule has 0 aromatic heterocycles. The van der Waals surface area contributed by atoms with E-state index in [0.717, 1.165) is 4.47 Å². The fourth-order valence-electron chi connectivity index (χ4n) is 1.18. The second kappa shape index (κ2) is 5.51. The normalized spacial score (nSPS) is 10.8. The molecule has 0 saturated heterocycles. The summed E-state index contributed by atoms with van der Waals surface area (Å²) in [6.45, 7) is 0. The molecule has 17 heavy (non-hydrogen) atoms. The maximum atomic E-state index is 11.6. The minimum absolute atomic E-state index is 0.0208.